The van der Waals surface area contributed by atoms with Crippen molar-refractivity contribution in [3.63, 3.8) is 0 Å². The average Bonchev–Trinajstić information content (AvgIpc) is 2.34. The molecule has 0 aromatic heterocycles. The maximum absolute atomic E-state index is 10.9. The molecule has 0 aliphatic heterocycles. The molecule has 0 saturated carbocycles. The maximum atomic E-state index is 10.9. The molecule has 0 heterocycles. The molecule has 4 nitrogen and oxygen atoms in total. The molecule has 0 aromatic carbocycles. The van der Waals surface area contributed by atoms with Crippen LogP contribution in [0, 0.1) is 0 Å². The van der Waals surface area contributed by atoms with Crippen LogP contribution >= 0.6 is 0 Å². The van der Waals surface area contributed by atoms with Gasteiger partial charge in [0, 0.05) is 6.61 Å². The van der Waals surface area contributed by atoms with Gasteiger partial charge in [-0.15, -0.1) is 0 Å². The Bertz CT molecular complexity index is 294. The van der Waals surface area contributed by atoms with Gasteiger partial charge in [0.05, 0.1) is 15.4 Å². The van der Waals surface area contributed by atoms with Gasteiger partial charge in [0.15, 0.2) is 0 Å². The number of unbranched alkanes of at least 4 members (excludes halogenated alkanes) is 8. The number of rotatable bonds is 13. The zero-order chi connectivity index (χ0) is 14.6. The molecule has 0 saturated heterocycles. The van der Waals surface area contributed by atoms with Crippen LogP contribution in [0.15, 0.2) is 0 Å². The summed E-state index contributed by atoms with van der Waals surface area (Å²) in [4.78, 5) is 0. The van der Waals surface area contributed by atoms with Crippen molar-refractivity contribution >= 4 is 10.1 Å². The molecule has 20 heavy (non-hydrogen) atoms. The first-order valence-corrected chi connectivity index (χ1v) is 9.05. The quantitative estimate of drug-likeness (QED) is 0.297. The van der Waals surface area contributed by atoms with Gasteiger partial charge in [-0.3, -0.25) is 0 Å². The number of aliphatic hydroxyl groups is 1. The van der Waals surface area contributed by atoms with Crippen molar-refractivity contribution in [2.75, 3.05) is 6.61 Å². The van der Waals surface area contributed by atoms with Crippen LogP contribution in [0.2, 0.25) is 0 Å². The first-order valence-electron chi connectivity index (χ1n) is 7.58. The van der Waals surface area contributed by atoms with Gasteiger partial charge in [0.25, 0.3) is 0 Å². The van der Waals surface area contributed by atoms with Crippen molar-refractivity contribution in [1.82, 2.24) is 0 Å². The van der Waals surface area contributed by atoms with Gasteiger partial charge in [0.2, 0.25) is 0 Å². The zero-order valence-electron chi connectivity index (χ0n) is 13.1. The molecule has 6 heteroatoms. The molecule has 116 valence electrons. The summed E-state index contributed by atoms with van der Waals surface area (Å²) in [6.07, 6.45) is 10.9. The van der Waals surface area contributed by atoms with Crippen molar-refractivity contribution in [3.05, 3.63) is 0 Å². The van der Waals surface area contributed by atoms with E-state index in [4.69, 9.17) is 5.11 Å². The second-order valence-corrected chi connectivity index (χ2v) is 6.90. The predicted molar refractivity (Wildman–Crippen MR) is 77.0 cm³/mol. The van der Waals surface area contributed by atoms with E-state index in [0.717, 1.165) is 19.3 Å². The largest absolute Gasteiger partial charge is 1.00 e. The van der Waals surface area contributed by atoms with Crippen LogP contribution < -0.4 is 51.4 Å². The normalized spacial score (nSPS) is 12.9. The molecule has 0 radical (unpaired) electrons. The SMILES string of the molecule is CCCCCCCCCCCC(CCO)S(=O)(=O)[O-].[K+]. The number of hydrogen-bond acceptors (Lipinski definition) is 4. The molecular weight excluding hydrogens is 303 g/mol. The van der Waals surface area contributed by atoms with Crippen molar-refractivity contribution in [1.29, 1.82) is 0 Å². The Balaban J connectivity index is 0. The van der Waals surface area contributed by atoms with E-state index in [1.54, 1.807) is 0 Å². The molecular formula is C14H29KO4S. The minimum atomic E-state index is -4.24. The van der Waals surface area contributed by atoms with Gasteiger partial charge in [-0.2, -0.15) is 0 Å². The van der Waals surface area contributed by atoms with Crippen molar-refractivity contribution in [2.45, 2.75) is 82.8 Å². The van der Waals surface area contributed by atoms with E-state index in [2.05, 4.69) is 6.92 Å². The van der Waals surface area contributed by atoms with Crippen molar-refractivity contribution < 1.29 is 69.5 Å². The summed E-state index contributed by atoms with van der Waals surface area (Å²) in [5.74, 6) is 0. The molecule has 0 aliphatic rings. The summed E-state index contributed by atoms with van der Waals surface area (Å²) < 4.78 is 32.8. The van der Waals surface area contributed by atoms with Crippen LogP contribution in [0.3, 0.4) is 0 Å². The van der Waals surface area contributed by atoms with Gasteiger partial charge in [-0.1, -0.05) is 64.7 Å². The number of hydrogen-bond donors (Lipinski definition) is 1. The molecule has 0 rings (SSSR count). The van der Waals surface area contributed by atoms with Gasteiger partial charge in [-0.25, -0.2) is 8.42 Å². The molecule has 1 unspecified atom stereocenters. The van der Waals surface area contributed by atoms with Crippen LogP contribution in [0.1, 0.15) is 77.6 Å². The fourth-order valence-corrected chi connectivity index (χ4v) is 3.11. The van der Waals surface area contributed by atoms with Gasteiger partial charge in [0.1, 0.15) is 0 Å². The summed E-state index contributed by atoms with van der Waals surface area (Å²) in [6.45, 7) is 1.97. The zero-order valence-corrected chi connectivity index (χ0v) is 17.1. The first kappa shape index (κ1) is 23.8. The van der Waals surface area contributed by atoms with E-state index in [1.165, 1.54) is 38.5 Å². The Morgan fingerprint density at radius 2 is 1.35 bits per heavy atom. The first-order chi connectivity index (χ1) is 9.02. The fraction of sp³-hybridized carbons (Fsp3) is 1.00. The Morgan fingerprint density at radius 3 is 1.75 bits per heavy atom. The fourth-order valence-electron chi connectivity index (χ4n) is 2.26. The summed E-state index contributed by atoms with van der Waals surface area (Å²) in [5, 5.41) is 7.84. The van der Waals surface area contributed by atoms with E-state index >= 15 is 0 Å². The minimum Gasteiger partial charge on any atom is -0.748 e. The third-order valence-electron chi connectivity index (χ3n) is 3.49. The molecule has 1 N–H and O–H groups in total. The third kappa shape index (κ3) is 14.4. The van der Waals surface area contributed by atoms with E-state index in [0.29, 0.717) is 6.42 Å². The smallest absolute Gasteiger partial charge is 0.748 e. The Hall–Kier alpha value is 1.51. The number of aliphatic hydroxyl groups excluding tert-OH is 1. The summed E-state index contributed by atoms with van der Waals surface area (Å²) in [6, 6.07) is 0. The molecule has 0 fully saturated rings. The van der Waals surface area contributed by atoms with Gasteiger partial charge in [-0.05, 0) is 12.8 Å². The van der Waals surface area contributed by atoms with Crippen LogP contribution in [0.5, 0.6) is 0 Å². The van der Waals surface area contributed by atoms with E-state index in [1.807, 2.05) is 0 Å². The van der Waals surface area contributed by atoms with E-state index in [-0.39, 0.29) is 64.4 Å². The molecule has 0 aromatic rings. The molecule has 0 aliphatic carbocycles. The van der Waals surface area contributed by atoms with Crippen LogP contribution in [0.25, 0.3) is 0 Å². The summed E-state index contributed by atoms with van der Waals surface area (Å²) in [5.41, 5.74) is 0. The summed E-state index contributed by atoms with van der Waals surface area (Å²) in [7, 11) is -4.24. The Kier molecular flexibility index (Phi) is 18.3. The van der Waals surface area contributed by atoms with Gasteiger partial charge < -0.3 is 9.66 Å². The standard InChI is InChI=1S/C14H30O4S.K/c1-2-3-4-5-6-7-8-9-10-11-14(12-13-15)19(16,17)18;/h14-15H,2-13H2,1H3,(H,16,17,18);/q;+1/p-1. The van der Waals surface area contributed by atoms with E-state index in [9.17, 15) is 13.0 Å². The minimum absolute atomic E-state index is 0. The van der Waals surface area contributed by atoms with Gasteiger partial charge >= 0.3 is 51.4 Å². The second-order valence-electron chi connectivity index (χ2n) is 5.24. The molecule has 1 atom stereocenters. The monoisotopic (exact) mass is 332 g/mol. The third-order valence-corrected chi connectivity index (χ3v) is 4.78. The van der Waals surface area contributed by atoms with E-state index < -0.39 is 15.4 Å². The Morgan fingerprint density at radius 1 is 0.900 bits per heavy atom. The molecule has 0 bridgehead atoms. The maximum Gasteiger partial charge on any atom is 1.00 e. The van der Waals surface area contributed by atoms with Crippen LogP contribution in [-0.2, 0) is 10.1 Å². The average molecular weight is 333 g/mol. The second kappa shape index (κ2) is 15.4. The molecule has 0 spiro atoms. The molecule has 0 amide bonds. The van der Waals surface area contributed by atoms with Crippen molar-refractivity contribution in [2.24, 2.45) is 0 Å². The topological polar surface area (TPSA) is 77.4 Å². The van der Waals surface area contributed by atoms with Crippen LogP contribution in [-0.4, -0.2) is 29.9 Å². The predicted octanol–water partition coefficient (Wildman–Crippen LogP) is 0.208. The van der Waals surface area contributed by atoms with Crippen molar-refractivity contribution in [3.8, 4) is 0 Å². The van der Waals surface area contributed by atoms with Crippen LogP contribution in [0.4, 0.5) is 0 Å². The Labute approximate surface area is 167 Å². The summed E-state index contributed by atoms with van der Waals surface area (Å²) >= 11 is 0.